The van der Waals surface area contributed by atoms with Gasteiger partial charge in [0.2, 0.25) is 5.91 Å². The van der Waals surface area contributed by atoms with E-state index in [2.05, 4.69) is 10.3 Å². The highest BCUT2D eigenvalue weighted by molar-refractivity contribution is 7.13. The van der Waals surface area contributed by atoms with Crippen molar-refractivity contribution in [1.29, 1.82) is 0 Å². The third kappa shape index (κ3) is 5.73. The van der Waals surface area contributed by atoms with Gasteiger partial charge in [-0.05, 0) is 31.4 Å². The smallest absolute Gasteiger partial charge is 0.226 e. The van der Waals surface area contributed by atoms with Gasteiger partial charge in [0.25, 0.3) is 0 Å². The average molecular weight is 336 g/mol. The Morgan fingerprint density at radius 1 is 1.43 bits per heavy atom. The molecule has 0 aliphatic heterocycles. The third-order valence-electron chi connectivity index (χ3n) is 3.36. The molecular weight excluding hydrogens is 315 g/mol. The maximum atomic E-state index is 13.2. The summed E-state index contributed by atoms with van der Waals surface area (Å²) in [5.41, 5.74) is 1.39. The lowest BCUT2D eigenvalue weighted by atomic mass is 10.0. The fourth-order valence-electron chi connectivity index (χ4n) is 2.32. The molecule has 0 aliphatic rings. The number of carbonyl (C=O) groups is 1. The van der Waals surface area contributed by atoms with Gasteiger partial charge >= 0.3 is 0 Å². The molecule has 6 heteroatoms. The summed E-state index contributed by atoms with van der Waals surface area (Å²) in [6, 6.07) is 6.26. The predicted octanol–water partition coefficient (Wildman–Crippen LogP) is 3.01. The number of aromatic nitrogens is 1. The van der Waals surface area contributed by atoms with Gasteiger partial charge in [0.15, 0.2) is 0 Å². The zero-order chi connectivity index (χ0) is 16.8. The van der Waals surface area contributed by atoms with Crippen LogP contribution in [-0.4, -0.2) is 28.6 Å². The minimum atomic E-state index is -0.366. The second kappa shape index (κ2) is 8.17. The van der Waals surface area contributed by atoms with E-state index in [0.717, 1.165) is 0 Å². The van der Waals surface area contributed by atoms with Gasteiger partial charge in [-0.3, -0.25) is 4.79 Å². The molecule has 2 aromatic rings. The monoisotopic (exact) mass is 336 g/mol. The SMILES string of the molecule is CC(O)CC(C)CNC(=O)Cc1csc(-c2cccc(F)c2)n1. The highest BCUT2D eigenvalue weighted by atomic mass is 32.1. The van der Waals surface area contributed by atoms with Crippen LogP contribution in [0, 0.1) is 11.7 Å². The number of carbonyl (C=O) groups excluding carboxylic acids is 1. The Morgan fingerprint density at radius 2 is 2.22 bits per heavy atom. The molecule has 0 radical (unpaired) electrons. The van der Waals surface area contributed by atoms with Gasteiger partial charge in [0.05, 0.1) is 18.2 Å². The van der Waals surface area contributed by atoms with Gasteiger partial charge in [-0.2, -0.15) is 0 Å². The number of nitrogens with one attached hydrogen (secondary N) is 1. The third-order valence-corrected chi connectivity index (χ3v) is 4.30. The minimum absolute atomic E-state index is 0.0986. The van der Waals surface area contributed by atoms with Crippen molar-refractivity contribution in [2.45, 2.75) is 32.8 Å². The van der Waals surface area contributed by atoms with Crippen molar-refractivity contribution in [2.24, 2.45) is 5.92 Å². The number of aliphatic hydroxyl groups excluding tert-OH is 1. The number of aliphatic hydroxyl groups is 1. The molecule has 0 fully saturated rings. The first-order valence-corrected chi connectivity index (χ1v) is 8.47. The summed E-state index contributed by atoms with van der Waals surface area (Å²) in [5.74, 6) is -0.181. The average Bonchev–Trinajstić information content (AvgIpc) is 2.93. The number of amides is 1. The molecule has 0 saturated carbocycles. The molecule has 2 unspecified atom stereocenters. The Balaban J connectivity index is 1.88. The molecular formula is C17H21FN2O2S. The topological polar surface area (TPSA) is 62.2 Å². The molecule has 2 atom stereocenters. The summed E-state index contributed by atoms with van der Waals surface area (Å²) in [7, 11) is 0. The second-order valence-corrected chi connectivity index (χ2v) is 6.68. The van der Waals surface area contributed by atoms with Gasteiger partial charge in [-0.25, -0.2) is 9.37 Å². The van der Waals surface area contributed by atoms with Gasteiger partial charge in [0, 0.05) is 17.5 Å². The van der Waals surface area contributed by atoms with Gasteiger partial charge in [-0.1, -0.05) is 19.1 Å². The summed E-state index contributed by atoms with van der Waals surface area (Å²) in [6.45, 7) is 4.25. The van der Waals surface area contributed by atoms with Crippen molar-refractivity contribution in [1.82, 2.24) is 10.3 Å². The fraction of sp³-hybridized carbons (Fsp3) is 0.412. The number of rotatable bonds is 7. The molecule has 124 valence electrons. The van der Waals surface area contributed by atoms with Crippen LogP contribution in [0.4, 0.5) is 4.39 Å². The highest BCUT2D eigenvalue weighted by Gasteiger charge is 2.11. The van der Waals surface area contributed by atoms with Crippen molar-refractivity contribution < 1.29 is 14.3 Å². The standard InChI is InChI=1S/C17H21FN2O2S/c1-11(6-12(2)21)9-19-16(22)8-15-10-23-17(20-15)13-4-3-5-14(18)7-13/h3-5,7,10-12,21H,6,8-9H2,1-2H3,(H,19,22). The summed E-state index contributed by atoms with van der Waals surface area (Å²) in [4.78, 5) is 16.3. The lowest BCUT2D eigenvalue weighted by molar-refractivity contribution is -0.120. The predicted molar refractivity (Wildman–Crippen MR) is 89.7 cm³/mol. The maximum absolute atomic E-state index is 13.2. The van der Waals surface area contributed by atoms with Gasteiger partial charge in [-0.15, -0.1) is 11.3 Å². The van der Waals surface area contributed by atoms with E-state index in [1.54, 1.807) is 19.1 Å². The van der Waals surface area contributed by atoms with Crippen LogP contribution in [0.3, 0.4) is 0 Å². The van der Waals surface area contributed by atoms with Crippen molar-refractivity contribution >= 4 is 17.2 Å². The van der Waals surface area contributed by atoms with E-state index in [9.17, 15) is 14.3 Å². The van der Waals surface area contributed by atoms with Crippen LogP contribution in [0.5, 0.6) is 0 Å². The van der Waals surface area contributed by atoms with Crippen LogP contribution in [0.2, 0.25) is 0 Å². The molecule has 2 rings (SSSR count). The molecule has 23 heavy (non-hydrogen) atoms. The van der Waals surface area contributed by atoms with Crippen molar-refractivity contribution in [3.8, 4) is 10.6 Å². The van der Waals surface area contributed by atoms with Crippen molar-refractivity contribution in [3.05, 3.63) is 41.2 Å². The van der Waals surface area contributed by atoms with Crippen molar-refractivity contribution in [3.63, 3.8) is 0 Å². The lowest BCUT2D eigenvalue weighted by Gasteiger charge is -2.13. The number of halogens is 1. The second-order valence-electron chi connectivity index (χ2n) is 5.83. The van der Waals surface area contributed by atoms with Gasteiger partial charge < -0.3 is 10.4 Å². The Labute approximate surface area is 139 Å². The molecule has 1 aromatic heterocycles. The Hall–Kier alpha value is -1.79. The van der Waals surface area contributed by atoms with Crippen LogP contribution >= 0.6 is 11.3 Å². The van der Waals surface area contributed by atoms with E-state index in [0.29, 0.717) is 29.2 Å². The molecule has 1 amide bonds. The number of benzene rings is 1. The highest BCUT2D eigenvalue weighted by Crippen LogP contribution is 2.24. The Kier molecular flexibility index (Phi) is 6.24. The van der Waals surface area contributed by atoms with E-state index in [1.165, 1.54) is 23.5 Å². The van der Waals surface area contributed by atoms with E-state index in [-0.39, 0.29) is 30.2 Å². The maximum Gasteiger partial charge on any atom is 0.226 e. The van der Waals surface area contributed by atoms with Crippen LogP contribution in [0.25, 0.3) is 10.6 Å². The normalized spacial score (nSPS) is 13.6. The first kappa shape index (κ1) is 17.6. The zero-order valence-corrected chi connectivity index (χ0v) is 14.1. The molecule has 0 aliphatic carbocycles. The zero-order valence-electron chi connectivity index (χ0n) is 13.3. The van der Waals surface area contributed by atoms with E-state index in [4.69, 9.17) is 0 Å². The van der Waals surface area contributed by atoms with Crippen LogP contribution < -0.4 is 5.32 Å². The summed E-state index contributed by atoms with van der Waals surface area (Å²) in [5, 5.41) is 14.7. The largest absolute Gasteiger partial charge is 0.393 e. The minimum Gasteiger partial charge on any atom is -0.393 e. The number of hydrogen-bond acceptors (Lipinski definition) is 4. The Morgan fingerprint density at radius 3 is 2.91 bits per heavy atom. The van der Waals surface area contributed by atoms with E-state index < -0.39 is 0 Å². The van der Waals surface area contributed by atoms with E-state index in [1.807, 2.05) is 12.3 Å². The fourth-order valence-corrected chi connectivity index (χ4v) is 3.14. The number of hydrogen-bond donors (Lipinski definition) is 2. The lowest BCUT2D eigenvalue weighted by Crippen LogP contribution is -2.30. The molecule has 0 saturated heterocycles. The molecule has 2 N–H and O–H groups in total. The van der Waals surface area contributed by atoms with Crippen LogP contribution in [0.15, 0.2) is 29.6 Å². The number of nitrogens with zero attached hydrogens (tertiary/aromatic N) is 1. The quantitative estimate of drug-likeness (QED) is 0.817. The molecule has 0 bridgehead atoms. The van der Waals surface area contributed by atoms with E-state index >= 15 is 0 Å². The summed E-state index contributed by atoms with van der Waals surface area (Å²) in [6.07, 6.45) is 0.489. The first-order chi connectivity index (χ1) is 10.9. The van der Waals surface area contributed by atoms with Crippen LogP contribution in [-0.2, 0) is 11.2 Å². The summed E-state index contributed by atoms with van der Waals surface area (Å²) >= 11 is 1.40. The van der Waals surface area contributed by atoms with Crippen LogP contribution in [0.1, 0.15) is 26.0 Å². The first-order valence-electron chi connectivity index (χ1n) is 7.59. The molecule has 1 aromatic carbocycles. The summed E-state index contributed by atoms with van der Waals surface area (Å²) < 4.78 is 13.2. The van der Waals surface area contributed by atoms with Crippen molar-refractivity contribution in [2.75, 3.05) is 6.54 Å². The molecule has 1 heterocycles. The van der Waals surface area contributed by atoms with Gasteiger partial charge in [0.1, 0.15) is 10.8 Å². The number of thiazole rings is 1. The molecule has 0 spiro atoms. The molecule has 4 nitrogen and oxygen atoms in total. The Bertz CT molecular complexity index is 658.